The fourth-order valence-electron chi connectivity index (χ4n) is 0.216. The summed E-state index contributed by atoms with van der Waals surface area (Å²) in [6.07, 6.45) is 0. The molecular weight excluding hydrogens is 132 g/mol. The Morgan fingerprint density at radius 2 is 1.56 bits per heavy atom. The molecule has 0 aliphatic rings. The van der Waals surface area contributed by atoms with Gasteiger partial charge in [-0.25, -0.2) is 0 Å². The summed E-state index contributed by atoms with van der Waals surface area (Å²) in [7, 11) is 3.14. The summed E-state index contributed by atoms with van der Waals surface area (Å²) in [4.78, 5) is 0. The molecule has 53 valence electrons. The van der Waals surface area contributed by atoms with Crippen LogP contribution >= 0.6 is 0 Å². The van der Waals surface area contributed by atoms with Crippen molar-refractivity contribution in [2.24, 2.45) is 0 Å². The first-order chi connectivity index (χ1) is 3.81. The largest absolute Gasteiger partial charge is 0.388 e. The number of hydrogen-bond donors (Lipinski definition) is 2. The molecule has 0 bridgehead atoms. The third kappa shape index (κ3) is 2.08. The summed E-state index contributed by atoms with van der Waals surface area (Å²) >= 11 is 0. The van der Waals surface area contributed by atoms with Gasteiger partial charge in [-0.15, -0.1) is 0 Å². The molecule has 2 N–H and O–H groups in total. The summed E-state index contributed by atoms with van der Waals surface area (Å²) in [5.74, 6) is 0. The lowest BCUT2D eigenvalue weighted by Crippen LogP contribution is -2.47. The van der Waals surface area contributed by atoms with E-state index in [4.69, 9.17) is 0 Å². The zero-order valence-corrected chi connectivity index (χ0v) is 7.10. The van der Waals surface area contributed by atoms with Crippen molar-refractivity contribution in [2.75, 3.05) is 0 Å². The lowest BCUT2D eigenvalue weighted by Gasteiger charge is -2.34. The Balaban J connectivity index is 4.14. The molecule has 0 aliphatic carbocycles. The Labute approximate surface area is 59.3 Å². The first-order valence-corrected chi connectivity index (χ1v) is 3.61. The van der Waals surface area contributed by atoms with Crippen molar-refractivity contribution in [2.45, 2.75) is 38.0 Å². The van der Waals surface area contributed by atoms with Crippen molar-refractivity contribution in [1.82, 2.24) is 0 Å². The van der Waals surface area contributed by atoms with Gasteiger partial charge in [0.1, 0.15) is 0 Å². The van der Waals surface area contributed by atoms with Crippen LogP contribution in [0.1, 0.15) is 20.8 Å². The van der Waals surface area contributed by atoms with E-state index in [9.17, 15) is 10.2 Å². The molecule has 1 atom stereocenters. The lowest BCUT2D eigenvalue weighted by atomic mass is 9.90. The van der Waals surface area contributed by atoms with Crippen molar-refractivity contribution in [3.05, 3.63) is 0 Å². The molecule has 0 aliphatic heterocycles. The van der Waals surface area contributed by atoms with Crippen molar-refractivity contribution >= 4 is 10.2 Å². The van der Waals surface area contributed by atoms with Gasteiger partial charge in [0, 0.05) is 10.2 Å². The maximum atomic E-state index is 9.36. The van der Waals surface area contributed by atoms with E-state index in [-0.39, 0.29) is 0 Å². The topological polar surface area (TPSA) is 40.5 Å². The van der Waals surface area contributed by atoms with Gasteiger partial charge in [0.15, 0.2) is 0 Å². The molecule has 9 heavy (non-hydrogen) atoms. The van der Waals surface area contributed by atoms with Crippen molar-refractivity contribution in [3.63, 3.8) is 0 Å². The molecule has 0 aromatic carbocycles. The minimum atomic E-state index is -1.05. The summed E-state index contributed by atoms with van der Waals surface area (Å²) in [6, 6.07) is 0.372. The molecule has 0 saturated carbocycles. The minimum Gasteiger partial charge on any atom is -0.388 e. The second kappa shape index (κ2) is 2.40. The van der Waals surface area contributed by atoms with E-state index in [1.54, 1.807) is 20.8 Å². The van der Waals surface area contributed by atoms with Crippen LogP contribution in [0.4, 0.5) is 0 Å². The molecule has 0 aromatic rings. The van der Waals surface area contributed by atoms with Gasteiger partial charge in [-0.1, -0.05) is 0 Å². The highest BCUT2D eigenvalue weighted by Gasteiger charge is 2.35. The maximum Gasteiger partial charge on any atom is 0.0871 e. The molecule has 0 amide bonds. The van der Waals surface area contributed by atoms with Crippen LogP contribution in [0.2, 0.25) is 6.04 Å². The summed E-state index contributed by atoms with van der Waals surface area (Å²) in [5, 5.41) is 18.6. The van der Waals surface area contributed by atoms with Crippen LogP contribution in [-0.2, 0) is 0 Å². The zero-order valence-electron chi connectivity index (χ0n) is 6.10. The molecule has 0 heterocycles. The SMILES string of the molecule is CC(C)(O)C(C)(O)C[Si]. The second-order valence-corrected chi connectivity index (χ2v) is 3.36. The van der Waals surface area contributed by atoms with Gasteiger partial charge in [-0.3, -0.25) is 0 Å². The maximum absolute atomic E-state index is 9.36. The van der Waals surface area contributed by atoms with Gasteiger partial charge < -0.3 is 10.2 Å². The molecule has 0 spiro atoms. The molecule has 3 radical (unpaired) electrons. The average molecular weight is 145 g/mol. The quantitative estimate of drug-likeness (QED) is 0.541. The summed E-state index contributed by atoms with van der Waals surface area (Å²) in [5.41, 5.74) is -2.10. The Morgan fingerprint density at radius 3 is 1.56 bits per heavy atom. The molecule has 2 nitrogen and oxygen atoms in total. The molecule has 1 unspecified atom stereocenters. The fraction of sp³-hybridized carbons (Fsp3) is 1.00. The monoisotopic (exact) mass is 145 g/mol. The van der Waals surface area contributed by atoms with Crippen molar-refractivity contribution < 1.29 is 10.2 Å². The molecule has 0 saturated heterocycles. The second-order valence-electron chi connectivity index (χ2n) is 3.01. The highest BCUT2D eigenvalue weighted by molar-refractivity contribution is 6.09. The van der Waals surface area contributed by atoms with Gasteiger partial charge in [0.2, 0.25) is 0 Å². The van der Waals surface area contributed by atoms with Gasteiger partial charge in [0.05, 0.1) is 11.2 Å². The normalized spacial score (nSPS) is 19.3. The summed E-state index contributed by atoms with van der Waals surface area (Å²) < 4.78 is 0. The molecule has 0 fully saturated rings. The Morgan fingerprint density at radius 1 is 1.22 bits per heavy atom. The van der Waals surface area contributed by atoms with Crippen LogP contribution in [0.25, 0.3) is 0 Å². The molecule has 3 heteroatoms. The smallest absolute Gasteiger partial charge is 0.0871 e. The third-order valence-corrected chi connectivity index (χ3v) is 2.35. The lowest BCUT2D eigenvalue weighted by molar-refractivity contribution is -0.107. The van der Waals surface area contributed by atoms with E-state index in [1.165, 1.54) is 0 Å². The average Bonchev–Trinajstić information content (AvgIpc) is 1.64. The van der Waals surface area contributed by atoms with Crippen LogP contribution in [-0.4, -0.2) is 31.7 Å². The first kappa shape index (κ1) is 9.14. The fourth-order valence-corrected chi connectivity index (χ4v) is 0.649. The van der Waals surface area contributed by atoms with Crippen LogP contribution < -0.4 is 0 Å². The first-order valence-electron chi connectivity index (χ1n) is 2.90. The van der Waals surface area contributed by atoms with Gasteiger partial charge in [0.25, 0.3) is 0 Å². The highest BCUT2D eigenvalue weighted by atomic mass is 28.1. The van der Waals surface area contributed by atoms with E-state index >= 15 is 0 Å². The molecule has 0 aromatic heterocycles. The Kier molecular flexibility index (Phi) is 2.44. The Hall–Kier alpha value is 0.137. The van der Waals surface area contributed by atoms with E-state index in [0.29, 0.717) is 6.04 Å². The predicted octanol–water partition coefficient (Wildman–Crippen LogP) is 0.0951. The van der Waals surface area contributed by atoms with E-state index in [2.05, 4.69) is 10.2 Å². The molecular formula is C6H13O2Si. The van der Waals surface area contributed by atoms with Crippen LogP contribution in [0, 0.1) is 0 Å². The molecule has 0 rings (SSSR count). The van der Waals surface area contributed by atoms with Crippen LogP contribution in [0.3, 0.4) is 0 Å². The number of hydrogen-bond acceptors (Lipinski definition) is 2. The van der Waals surface area contributed by atoms with Gasteiger partial charge >= 0.3 is 0 Å². The third-order valence-electron chi connectivity index (χ3n) is 1.66. The van der Waals surface area contributed by atoms with E-state index in [0.717, 1.165) is 0 Å². The zero-order chi connectivity index (χ0) is 7.71. The van der Waals surface area contributed by atoms with Crippen LogP contribution in [0.15, 0.2) is 0 Å². The van der Waals surface area contributed by atoms with Crippen LogP contribution in [0.5, 0.6) is 0 Å². The summed E-state index contributed by atoms with van der Waals surface area (Å²) in [6.45, 7) is 4.74. The van der Waals surface area contributed by atoms with Gasteiger partial charge in [-0.05, 0) is 26.8 Å². The number of aliphatic hydroxyl groups is 2. The van der Waals surface area contributed by atoms with E-state index < -0.39 is 11.2 Å². The number of rotatable bonds is 2. The predicted molar refractivity (Wildman–Crippen MR) is 37.5 cm³/mol. The van der Waals surface area contributed by atoms with Gasteiger partial charge in [-0.2, -0.15) is 0 Å². The standard InChI is InChI=1S/C6H13O2Si/c1-5(2,7)6(3,8)4-9/h7-8H,4H2,1-3H3. The van der Waals surface area contributed by atoms with E-state index in [1.807, 2.05) is 0 Å². The van der Waals surface area contributed by atoms with Crippen molar-refractivity contribution in [3.8, 4) is 0 Å². The Bertz CT molecular complexity index is 93.7. The minimum absolute atomic E-state index is 0.372. The highest BCUT2D eigenvalue weighted by Crippen LogP contribution is 2.23. The van der Waals surface area contributed by atoms with Crippen molar-refractivity contribution in [1.29, 1.82) is 0 Å².